The highest BCUT2D eigenvalue weighted by atomic mass is 14.8. The van der Waals surface area contributed by atoms with Gasteiger partial charge in [-0.3, -0.25) is 0 Å². The first kappa shape index (κ1) is 6.28. The smallest absolute Gasteiger partial charge is 0.116 e. The fourth-order valence-electron chi connectivity index (χ4n) is 1.02. The molecule has 0 bridgehead atoms. The molecule has 1 radical (unpaired) electrons. The molecule has 53 valence electrons. The van der Waals surface area contributed by atoms with Crippen LogP contribution in [0.2, 0.25) is 0 Å². The van der Waals surface area contributed by atoms with Crippen molar-refractivity contribution < 1.29 is 0 Å². The zero-order valence-corrected chi connectivity index (χ0v) is 6.20. The van der Waals surface area contributed by atoms with E-state index >= 15 is 0 Å². The molecule has 1 aromatic heterocycles. The van der Waals surface area contributed by atoms with Gasteiger partial charge in [-0.2, -0.15) is 0 Å². The quantitative estimate of drug-likeness (QED) is 0.561. The minimum absolute atomic E-state index is 0.983. The molecule has 0 aliphatic rings. The van der Waals surface area contributed by atoms with E-state index in [0.29, 0.717) is 0 Å². The SMILES string of the molecule is Cc1[c]cc2cncnc2c1. The molecule has 0 saturated heterocycles. The Morgan fingerprint density at radius 1 is 1.45 bits per heavy atom. The summed E-state index contributed by atoms with van der Waals surface area (Å²) >= 11 is 0. The molecule has 0 fully saturated rings. The number of aryl methyl sites for hydroxylation is 1. The van der Waals surface area contributed by atoms with Crippen molar-refractivity contribution in [3.05, 3.63) is 36.3 Å². The lowest BCUT2D eigenvalue weighted by Crippen LogP contribution is -1.81. The first-order valence-electron chi connectivity index (χ1n) is 3.44. The Kier molecular flexibility index (Phi) is 1.32. The van der Waals surface area contributed by atoms with Crippen LogP contribution in [-0.2, 0) is 0 Å². The summed E-state index contributed by atoms with van der Waals surface area (Å²) in [5.41, 5.74) is 2.09. The van der Waals surface area contributed by atoms with Gasteiger partial charge in [-0.05, 0) is 30.7 Å². The zero-order valence-electron chi connectivity index (χ0n) is 6.20. The summed E-state index contributed by atoms with van der Waals surface area (Å²) in [7, 11) is 0. The Morgan fingerprint density at radius 3 is 3.27 bits per heavy atom. The fraction of sp³-hybridized carbons (Fsp3) is 0.111. The van der Waals surface area contributed by atoms with Crippen LogP contribution in [-0.4, -0.2) is 9.97 Å². The van der Waals surface area contributed by atoms with E-state index in [2.05, 4.69) is 16.0 Å². The standard InChI is InChI=1S/C9H7N2/c1-7-2-3-8-5-10-6-11-9(8)4-7/h3-6H,1H3. The Labute approximate surface area is 64.9 Å². The van der Waals surface area contributed by atoms with Gasteiger partial charge in [0.2, 0.25) is 0 Å². The van der Waals surface area contributed by atoms with Gasteiger partial charge in [-0.25, -0.2) is 9.97 Å². The van der Waals surface area contributed by atoms with Crippen molar-refractivity contribution in [2.75, 3.05) is 0 Å². The average Bonchev–Trinajstić information content (AvgIpc) is 2.04. The van der Waals surface area contributed by atoms with E-state index in [0.717, 1.165) is 16.5 Å². The zero-order chi connectivity index (χ0) is 7.68. The topological polar surface area (TPSA) is 25.8 Å². The molecule has 2 heteroatoms. The highest BCUT2D eigenvalue weighted by Gasteiger charge is 1.92. The maximum Gasteiger partial charge on any atom is 0.116 e. The van der Waals surface area contributed by atoms with Crippen LogP contribution < -0.4 is 0 Å². The van der Waals surface area contributed by atoms with E-state index in [-0.39, 0.29) is 0 Å². The molecule has 0 saturated carbocycles. The van der Waals surface area contributed by atoms with Gasteiger partial charge in [-0.15, -0.1) is 0 Å². The minimum Gasteiger partial charge on any atom is -0.244 e. The van der Waals surface area contributed by atoms with Crippen LogP contribution in [0.3, 0.4) is 0 Å². The molecule has 0 aliphatic heterocycles. The van der Waals surface area contributed by atoms with E-state index in [4.69, 9.17) is 0 Å². The number of benzene rings is 1. The van der Waals surface area contributed by atoms with E-state index < -0.39 is 0 Å². The van der Waals surface area contributed by atoms with Crippen molar-refractivity contribution in [2.45, 2.75) is 6.92 Å². The van der Waals surface area contributed by atoms with E-state index in [9.17, 15) is 0 Å². The Hall–Kier alpha value is -1.44. The summed E-state index contributed by atoms with van der Waals surface area (Å²) in [6, 6.07) is 7.00. The maximum absolute atomic E-state index is 4.11. The van der Waals surface area contributed by atoms with Crippen molar-refractivity contribution in [3.63, 3.8) is 0 Å². The van der Waals surface area contributed by atoms with E-state index in [1.165, 1.54) is 0 Å². The third-order valence-electron chi connectivity index (χ3n) is 1.58. The maximum atomic E-state index is 4.11. The van der Waals surface area contributed by atoms with Crippen LogP contribution in [0.1, 0.15) is 5.56 Å². The first-order chi connectivity index (χ1) is 5.36. The van der Waals surface area contributed by atoms with E-state index in [1.807, 2.05) is 19.1 Å². The molecule has 1 aromatic carbocycles. The molecule has 0 spiro atoms. The summed E-state index contributed by atoms with van der Waals surface area (Å²) in [5.74, 6) is 0. The van der Waals surface area contributed by atoms with Gasteiger partial charge in [0.25, 0.3) is 0 Å². The van der Waals surface area contributed by atoms with Crippen molar-refractivity contribution in [2.24, 2.45) is 0 Å². The molecule has 2 aromatic rings. The molecular weight excluding hydrogens is 136 g/mol. The molecule has 2 rings (SSSR count). The molecular formula is C9H7N2. The summed E-state index contributed by atoms with van der Waals surface area (Å²) in [6.07, 6.45) is 3.35. The molecule has 0 N–H and O–H groups in total. The summed E-state index contributed by atoms with van der Waals surface area (Å²) in [6.45, 7) is 2.00. The van der Waals surface area contributed by atoms with Crippen molar-refractivity contribution in [3.8, 4) is 0 Å². The third kappa shape index (κ3) is 1.07. The average molecular weight is 143 g/mol. The molecule has 0 aliphatic carbocycles. The number of hydrogen-bond donors (Lipinski definition) is 0. The van der Waals surface area contributed by atoms with Crippen LogP contribution in [0.5, 0.6) is 0 Å². The predicted molar refractivity (Wildman–Crippen MR) is 43.1 cm³/mol. The van der Waals surface area contributed by atoms with Crippen LogP contribution in [0.4, 0.5) is 0 Å². The monoisotopic (exact) mass is 143 g/mol. The Balaban J connectivity index is 2.83. The van der Waals surface area contributed by atoms with Crippen LogP contribution in [0, 0.1) is 13.0 Å². The number of hydrogen-bond acceptors (Lipinski definition) is 2. The van der Waals surface area contributed by atoms with Crippen LogP contribution >= 0.6 is 0 Å². The first-order valence-corrected chi connectivity index (χ1v) is 3.44. The van der Waals surface area contributed by atoms with Crippen LogP contribution in [0.25, 0.3) is 10.9 Å². The van der Waals surface area contributed by atoms with E-state index in [1.54, 1.807) is 12.5 Å². The molecule has 1 heterocycles. The largest absolute Gasteiger partial charge is 0.244 e. The second kappa shape index (κ2) is 2.31. The van der Waals surface area contributed by atoms with Gasteiger partial charge in [-0.1, -0.05) is 0 Å². The highest BCUT2D eigenvalue weighted by molar-refractivity contribution is 5.77. The summed E-state index contributed by atoms with van der Waals surface area (Å²) in [5, 5.41) is 1.04. The molecule has 0 amide bonds. The predicted octanol–water partition coefficient (Wildman–Crippen LogP) is 1.74. The lowest BCUT2D eigenvalue weighted by molar-refractivity contribution is 1.22. The van der Waals surface area contributed by atoms with Crippen molar-refractivity contribution >= 4 is 10.9 Å². The van der Waals surface area contributed by atoms with Gasteiger partial charge in [0.05, 0.1) is 5.52 Å². The summed E-state index contributed by atoms with van der Waals surface area (Å²) in [4.78, 5) is 8.02. The Bertz CT molecular complexity index is 382. The second-order valence-corrected chi connectivity index (χ2v) is 2.48. The normalized spacial score (nSPS) is 10.3. The number of aromatic nitrogens is 2. The van der Waals surface area contributed by atoms with Crippen LogP contribution in [0.15, 0.2) is 24.7 Å². The third-order valence-corrected chi connectivity index (χ3v) is 1.58. The van der Waals surface area contributed by atoms with Gasteiger partial charge in [0, 0.05) is 11.6 Å². The number of fused-ring (bicyclic) bond motifs is 1. The fourth-order valence-corrected chi connectivity index (χ4v) is 1.02. The number of nitrogens with zero attached hydrogens (tertiary/aromatic N) is 2. The second-order valence-electron chi connectivity index (χ2n) is 2.48. The lowest BCUT2D eigenvalue weighted by atomic mass is 10.2. The van der Waals surface area contributed by atoms with Gasteiger partial charge < -0.3 is 0 Å². The van der Waals surface area contributed by atoms with Gasteiger partial charge in [0.15, 0.2) is 0 Å². The molecule has 2 nitrogen and oxygen atoms in total. The molecule has 0 unspecified atom stereocenters. The van der Waals surface area contributed by atoms with Crippen molar-refractivity contribution in [1.82, 2.24) is 9.97 Å². The summed E-state index contributed by atoms with van der Waals surface area (Å²) < 4.78 is 0. The Morgan fingerprint density at radius 2 is 2.36 bits per heavy atom. The lowest BCUT2D eigenvalue weighted by Gasteiger charge is -1.94. The molecule has 11 heavy (non-hydrogen) atoms. The molecule has 0 atom stereocenters. The van der Waals surface area contributed by atoms with Gasteiger partial charge >= 0.3 is 0 Å². The highest BCUT2D eigenvalue weighted by Crippen LogP contribution is 2.09. The minimum atomic E-state index is 0.983. The van der Waals surface area contributed by atoms with Gasteiger partial charge in [0.1, 0.15) is 6.33 Å². The number of rotatable bonds is 0. The van der Waals surface area contributed by atoms with Crippen molar-refractivity contribution in [1.29, 1.82) is 0 Å².